The van der Waals surface area contributed by atoms with Gasteiger partial charge in [0, 0.05) is 11.3 Å². The Balaban J connectivity index is 2.40. The third-order valence-electron chi connectivity index (χ3n) is 2.70. The third-order valence-corrected chi connectivity index (χ3v) is 3.67. The molecule has 0 aliphatic carbocycles. The zero-order chi connectivity index (χ0) is 10.8. The fraction of sp³-hybridized carbons (Fsp3) is 0.600. The lowest BCUT2D eigenvalue weighted by Gasteiger charge is -2.18. The van der Waals surface area contributed by atoms with Crippen LogP contribution in [-0.2, 0) is 12.2 Å². The minimum Gasteiger partial charge on any atom is -0.383 e. The van der Waals surface area contributed by atoms with Crippen molar-refractivity contribution in [2.24, 2.45) is 0 Å². The molecule has 0 aromatic carbocycles. The average molecular weight is 224 g/mol. The van der Waals surface area contributed by atoms with Crippen LogP contribution in [0.25, 0.3) is 0 Å². The van der Waals surface area contributed by atoms with E-state index < -0.39 is 0 Å². The Kier molecular flexibility index (Phi) is 3.11. The maximum absolute atomic E-state index is 5.95. The van der Waals surface area contributed by atoms with E-state index in [9.17, 15) is 0 Å². The molecule has 0 saturated heterocycles. The van der Waals surface area contributed by atoms with Crippen LogP contribution in [0.15, 0.2) is 0 Å². The summed E-state index contributed by atoms with van der Waals surface area (Å²) in [5.41, 5.74) is 8.22. The van der Waals surface area contributed by atoms with Crippen LogP contribution in [0.3, 0.4) is 0 Å². The van der Waals surface area contributed by atoms with Crippen LogP contribution < -0.4 is 11.1 Å². The molecular formula is C10H16N4S. The van der Waals surface area contributed by atoms with Gasteiger partial charge in [-0.3, -0.25) is 0 Å². The first-order valence-corrected chi connectivity index (χ1v) is 6.28. The molecule has 5 heteroatoms. The Morgan fingerprint density at radius 3 is 3.00 bits per heavy atom. The number of nitrogens with zero attached hydrogens (tertiary/aromatic N) is 2. The predicted molar refractivity (Wildman–Crippen MR) is 63.8 cm³/mol. The van der Waals surface area contributed by atoms with Gasteiger partial charge in [0.15, 0.2) is 0 Å². The van der Waals surface area contributed by atoms with Gasteiger partial charge >= 0.3 is 0 Å². The van der Waals surface area contributed by atoms with Crippen molar-refractivity contribution in [3.05, 3.63) is 17.1 Å². The fourth-order valence-electron chi connectivity index (χ4n) is 1.63. The number of hydrogen-bond acceptors (Lipinski definition) is 5. The summed E-state index contributed by atoms with van der Waals surface area (Å²) in [5, 5.41) is 3.13. The highest BCUT2D eigenvalue weighted by Gasteiger charge is 2.18. The molecule has 0 fully saturated rings. The molecule has 1 aromatic rings. The molecular weight excluding hydrogens is 208 g/mol. The van der Waals surface area contributed by atoms with Crippen LogP contribution >= 0.6 is 11.8 Å². The highest BCUT2D eigenvalue weighted by Crippen LogP contribution is 2.27. The maximum atomic E-state index is 5.95. The molecule has 0 saturated carbocycles. The first-order valence-electron chi connectivity index (χ1n) is 5.12. The molecule has 3 N–H and O–H groups in total. The van der Waals surface area contributed by atoms with Crippen molar-refractivity contribution in [3.8, 4) is 0 Å². The molecule has 1 aromatic heterocycles. The first kappa shape index (κ1) is 10.7. The Morgan fingerprint density at radius 1 is 1.47 bits per heavy atom. The molecule has 82 valence electrons. The van der Waals surface area contributed by atoms with E-state index in [0.717, 1.165) is 35.0 Å². The zero-order valence-corrected chi connectivity index (χ0v) is 9.90. The lowest BCUT2D eigenvalue weighted by molar-refractivity contribution is 0.606. The lowest BCUT2D eigenvalue weighted by atomic mass is 10.1. The van der Waals surface area contributed by atoms with Gasteiger partial charge in [-0.15, -0.1) is 0 Å². The Labute approximate surface area is 94.1 Å². The molecule has 1 atom stereocenters. The van der Waals surface area contributed by atoms with E-state index in [1.54, 1.807) is 0 Å². The molecule has 0 radical (unpaired) electrons. The quantitative estimate of drug-likeness (QED) is 0.788. The topological polar surface area (TPSA) is 63.8 Å². The summed E-state index contributed by atoms with van der Waals surface area (Å²) in [6, 6.07) is 0.157. The number of nitrogens with two attached hydrogens (primary N) is 1. The van der Waals surface area contributed by atoms with E-state index in [1.165, 1.54) is 0 Å². The van der Waals surface area contributed by atoms with Crippen molar-refractivity contribution in [1.29, 1.82) is 0 Å². The summed E-state index contributed by atoms with van der Waals surface area (Å²) in [7, 11) is 1.90. The summed E-state index contributed by atoms with van der Waals surface area (Å²) in [6.45, 7) is 2.04. The highest BCUT2D eigenvalue weighted by atomic mass is 32.2. The molecule has 2 rings (SSSR count). The van der Waals surface area contributed by atoms with Crippen molar-refractivity contribution in [2.75, 3.05) is 18.5 Å². The van der Waals surface area contributed by atoms with E-state index in [1.807, 2.05) is 25.7 Å². The molecule has 4 nitrogen and oxygen atoms in total. The number of aromatic nitrogens is 2. The Bertz CT molecular complexity index is 367. The fourth-order valence-corrected chi connectivity index (χ4v) is 2.55. The minimum atomic E-state index is 0.157. The second kappa shape index (κ2) is 4.37. The number of anilines is 1. The Morgan fingerprint density at radius 2 is 2.27 bits per heavy atom. The third kappa shape index (κ3) is 2.08. The first-order chi connectivity index (χ1) is 7.22. The largest absolute Gasteiger partial charge is 0.383 e. The van der Waals surface area contributed by atoms with Crippen molar-refractivity contribution < 1.29 is 0 Å². The van der Waals surface area contributed by atoms with Crippen LogP contribution in [0.1, 0.15) is 30.0 Å². The average Bonchev–Trinajstić information content (AvgIpc) is 2.28. The summed E-state index contributed by atoms with van der Waals surface area (Å²) in [6.07, 6.45) is 1.00. The predicted octanol–water partition coefficient (Wildman–Crippen LogP) is 1.13. The van der Waals surface area contributed by atoms with Gasteiger partial charge in [0.25, 0.3) is 0 Å². The monoisotopic (exact) mass is 224 g/mol. The molecule has 0 bridgehead atoms. The zero-order valence-electron chi connectivity index (χ0n) is 9.08. The van der Waals surface area contributed by atoms with Crippen molar-refractivity contribution >= 4 is 17.6 Å². The highest BCUT2D eigenvalue weighted by molar-refractivity contribution is 7.98. The van der Waals surface area contributed by atoms with Crippen molar-refractivity contribution in [1.82, 2.24) is 15.3 Å². The van der Waals surface area contributed by atoms with E-state index in [-0.39, 0.29) is 6.04 Å². The smallest absolute Gasteiger partial charge is 0.147 e. The van der Waals surface area contributed by atoms with Crippen molar-refractivity contribution in [3.63, 3.8) is 0 Å². The normalized spacial score (nSPS) is 17.2. The number of nitrogens with one attached hydrogen (secondary N) is 1. The molecule has 2 heterocycles. The summed E-state index contributed by atoms with van der Waals surface area (Å²) in [5.74, 6) is 3.56. The summed E-state index contributed by atoms with van der Waals surface area (Å²) < 4.78 is 0. The van der Waals surface area contributed by atoms with E-state index in [0.29, 0.717) is 5.82 Å². The summed E-state index contributed by atoms with van der Waals surface area (Å²) in [4.78, 5) is 8.92. The van der Waals surface area contributed by atoms with E-state index in [4.69, 9.17) is 5.73 Å². The molecule has 15 heavy (non-hydrogen) atoms. The van der Waals surface area contributed by atoms with Crippen LogP contribution in [0.5, 0.6) is 0 Å². The molecule has 0 spiro atoms. The van der Waals surface area contributed by atoms with Gasteiger partial charge in [0.1, 0.15) is 11.6 Å². The number of hydrogen-bond donors (Lipinski definition) is 2. The standard InChI is InChI=1S/C10H16N4S/c1-6(12-2)10-13-8-5-15-4-3-7(8)9(11)14-10/h6,12H,3-5H2,1-2H3,(H2,11,13,14). The number of nitrogen functional groups attached to an aromatic ring is 1. The van der Waals surface area contributed by atoms with E-state index >= 15 is 0 Å². The number of thioether (sulfide) groups is 1. The van der Waals surface area contributed by atoms with E-state index in [2.05, 4.69) is 15.3 Å². The molecule has 1 aliphatic rings. The van der Waals surface area contributed by atoms with Gasteiger partial charge in [-0.2, -0.15) is 11.8 Å². The van der Waals surface area contributed by atoms with Crippen molar-refractivity contribution in [2.45, 2.75) is 25.1 Å². The molecule has 1 aliphatic heterocycles. The Hall–Kier alpha value is -0.810. The second-order valence-corrected chi connectivity index (χ2v) is 4.81. The van der Waals surface area contributed by atoms with Crippen LogP contribution in [0.4, 0.5) is 5.82 Å². The SMILES string of the molecule is CNC(C)c1nc(N)c2c(n1)CSCC2. The maximum Gasteiger partial charge on any atom is 0.147 e. The lowest BCUT2D eigenvalue weighted by Crippen LogP contribution is -2.20. The van der Waals surface area contributed by atoms with Gasteiger partial charge < -0.3 is 11.1 Å². The number of fused-ring (bicyclic) bond motifs is 1. The van der Waals surface area contributed by atoms with Gasteiger partial charge in [0.2, 0.25) is 0 Å². The molecule has 1 unspecified atom stereocenters. The summed E-state index contributed by atoms with van der Waals surface area (Å²) >= 11 is 1.91. The van der Waals surface area contributed by atoms with Gasteiger partial charge in [-0.25, -0.2) is 9.97 Å². The number of rotatable bonds is 2. The molecule has 0 amide bonds. The van der Waals surface area contributed by atoms with Crippen LogP contribution in [0, 0.1) is 0 Å². The van der Waals surface area contributed by atoms with Gasteiger partial charge in [-0.05, 0) is 26.1 Å². The van der Waals surface area contributed by atoms with Gasteiger partial charge in [0.05, 0.1) is 11.7 Å². The minimum absolute atomic E-state index is 0.157. The van der Waals surface area contributed by atoms with Crippen LogP contribution in [0.2, 0.25) is 0 Å². The van der Waals surface area contributed by atoms with Crippen LogP contribution in [-0.4, -0.2) is 22.8 Å². The van der Waals surface area contributed by atoms with Gasteiger partial charge in [-0.1, -0.05) is 0 Å². The second-order valence-electron chi connectivity index (χ2n) is 3.71.